The lowest BCUT2D eigenvalue weighted by atomic mass is 10.2. The van der Waals surface area contributed by atoms with Gasteiger partial charge < -0.3 is 4.74 Å². The van der Waals surface area contributed by atoms with Gasteiger partial charge in [0.05, 0.1) is 17.6 Å². The van der Waals surface area contributed by atoms with E-state index in [-0.39, 0.29) is 0 Å². The Morgan fingerprint density at radius 1 is 1.50 bits per heavy atom. The zero-order valence-electron chi connectivity index (χ0n) is 9.80. The van der Waals surface area contributed by atoms with Crippen molar-refractivity contribution in [3.63, 3.8) is 0 Å². The lowest BCUT2D eigenvalue weighted by molar-refractivity contribution is 0.0635. The van der Waals surface area contributed by atoms with Crippen molar-refractivity contribution in [2.24, 2.45) is 0 Å². The number of nitrogens with one attached hydrogen (secondary N) is 1. The third-order valence-electron chi connectivity index (χ3n) is 1.69. The number of ether oxygens (including phenoxy) is 1. The van der Waals surface area contributed by atoms with Crippen LogP contribution in [0.15, 0.2) is 12.3 Å². The number of carbonyl (C=O) groups is 1. The summed E-state index contributed by atoms with van der Waals surface area (Å²) in [5, 5.41) is 2.44. The van der Waals surface area contributed by atoms with Crippen molar-refractivity contribution >= 4 is 11.8 Å². The van der Waals surface area contributed by atoms with Crippen molar-refractivity contribution in [2.75, 3.05) is 5.32 Å². The normalized spacial score (nSPS) is 11.1. The van der Waals surface area contributed by atoms with Gasteiger partial charge in [0.2, 0.25) is 0 Å². The molecule has 0 fully saturated rings. The molecule has 0 spiro atoms. The first-order valence-electron chi connectivity index (χ1n) is 4.90. The minimum Gasteiger partial charge on any atom is -0.444 e. The van der Waals surface area contributed by atoms with E-state index in [0.717, 1.165) is 6.20 Å². The summed E-state index contributed by atoms with van der Waals surface area (Å²) in [6.07, 6.45) is 0.471. The highest BCUT2D eigenvalue weighted by Crippen LogP contribution is 2.15. The highest BCUT2D eigenvalue weighted by Gasteiger charge is 2.17. The van der Waals surface area contributed by atoms with E-state index in [2.05, 4.69) is 10.3 Å². The summed E-state index contributed by atoms with van der Waals surface area (Å²) in [6.45, 7) is 6.93. The second-order valence-electron chi connectivity index (χ2n) is 4.41. The van der Waals surface area contributed by atoms with E-state index in [1.54, 1.807) is 27.7 Å². The van der Waals surface area contributed by atoms with Gasteiger partial charge >= 0.3 is 6.09 Å². The van der Waals surface area contributed by atoms with Crippen LogP contribution in [-0.4, -0.2) is 16.7 Å². The second kappa shape index (κ2) is 4.47. The highest BCUT2D eigenvalue weighted by molar-refractivity contribution is 5.85. The molecule has 1 rings (SSSR count). The predicted molar refractivity (Wildman–Crippen MR) is 58.8 cm³/mol. The van der Waals surface area contributed by atoms with Crippen molar-refractivity contribution in [3.8, 4) is 0 Å². The molecular formula is C11H15FN2O2. The fourth-order valence-electron chi connectivity index (χ4n) is 1.05. The van der Waals surface area contributed by atoms with Crippen LogP contribution in [0.1, 0.15) is 26.5 Å². The fourth-order valence-corrected chi connectivity index (χ4v) is 1.05. The second-order valence-corrected chi connectivity index (χ2v) is 4.41. The highest BCUT2D eigenvalue weighted by atomic mass is 19.1. The molecule has 0 aliphatic heterocycles. The molecule has 0 radical (unpaired) electrons. The molecule has 0 unspecified atom stereocenters. The van der Waals surface area contributed by atoms with Crippen molar-refractivity contribution in [2.45, 2.75) is 33.3 Å². The van der Waals surface area contributed by atoms with E-state index in [4.69, 9.17) is 4.74 Å². The van der Waals surface area contributed by atoms with Gasteiger partial charge in [-0.25, -0.2) is 9.18 Å². The van der Waals surface area contributed by atoms with Gasteiger partial charge in [-0.15, -0.1) is 0 Å². The third kappa shape index (κ3) is 3.84. The van der Waals surface area contributed by atoms with E-state index >= 15 is 0 Å². The molecule has 4 nitrogen and oxygen atoms in total. The molecule has 0 atom stereocenters. The molecule has 5 heteroatoms. The summed E-state index contributed by atoms with van der Waals surface area (Å²) in [4.78, 5) is 15.2. The molecule has 1 heterocycles. The Kier molecular flexibility index (Phi) is 3.47. The van der Waals surface area contributed by atoms with Crippen LogP contribution in [0.4, 0.5) is 14.9 Å². The maximum atomic E-state index is 12.9. The van der Waals surface area contributed by atoms with Crippen molar-refractivity contribution in [1.82, 2.24) is 4.98 Å². The Bertz CT molecular complexity index is 399. The van der Waals surface area contributed by atoms with Crippen molar-refractivity contribution in [3.05, 3.63) is 23.8 Å². The molecule has 1 aromatic heterocycles. The standard InChI is InChI=1S/C11H15FN2O2/c1-7-9(5-8(12)6-13-7)14-10(15)16-11(2,3)4/h5-6H,1-4H3,(H,14,15). The number of amides is 1. The first-order valence-corrected chi connectivity index (χ1v) is 4.90. The lowest BCUT2D eigenvalue weighted by Gasteiger charge is -2.20. The Balaban J connectivity index is 2.73. The van der Waals surface area contributed by atoms with Gasteiger partial charge in [-0.3, -0.25) is 10.3 Å². The average molecular weight is 226 g/mol. The monoisotopic (exact) mass is 226 g/mol. The van der Waals surface area contributed by atoms with Crippen LogP contribution in [0, 0.1) is 12.7 Å². The number of rotatable bonds is 1. The summed E-state index contributed by atoms with van der Waals surface area (Å²) >= 11 is 0. The predicted octanol–water partition coefficient (Wildman–Crippen LogP) is 2.88. The first-order chi connectivity index (χ1) is 7.28. The number of aryl methyl sites for hydroxylation is 1. The van der Waals surface area contributed by atoms with Gasteiger partial charge in [0.25, 0.3) is 0 Å². The Hall–Kier alpha value is -1.65. The summed E-state index contributed by atoms with van der Waals surface area (Å²) in [7, 11) is 0. The van der Waals surface area contributed by atoms with E-state index in [9.17, 15) is 9.18 Å². The van der Waals surface area contributed by atoms with Gasteiger partial charge in [-0.05, 0) is 27.7 Å². The molecular weight excluding hydrogens is 211 g/mol. The van der Waals surface area contributed by atoms with Crippen molar-refractivity contribution in [1.29, 1.82) is 0 Å². The zero-order valence-corrected chi connectivity index (χ0v) is 9.80. The van der Waals surface area contributed by atoms with E-state index in [1.807, 2.05) is 0 Å². The number of carbonyl (C=O) groups excluding carboxylic acids is 1. The van der Waals surface area contributed by atoms with Crippen LogP contribution in [0.5, 0.6) is 0 Å². The molecule has 0 aromatic carbocycles. The minimum absolute atomic E-state index is 0.314. The number of hydrogen-bond acceptors (Lipinski definition) is 3. The topological polar surface area (TPSA) is 51.2 Å². The van der Waals surface area contributed by atoms with E-state index in [1.165, 1.54) is 6.07 Å². The molecule has 0 saturated heterocycles. The number of pyridine rings is 1. The number of halogens is 1. The molecule has 16 heavy (non-hydrogen) atoms. The van der Waals surface area contributed by atoms with Gasteiger partial charge in [0.15, 0.2) is 0 Å². The Morgan fingerprint density at radius 2 is 2.12 bits per heavy atom. The van der Waals surface area contributed by atoms with Crippen LogP contribution in [-0.2, 0) is 4.74 Å². The minimum atomic E-state index is -0.622. The molecule has 0 bridgehead atoms. The largest absolute Gasteiger partial charge is 0.444 e. The number of nitrogens with zero attached hydrogens (tertiary/aromatic N) is 1. The van der Waals surface area contributed by atoms with E-state index < -0.39 is 17.5 Å². The average Bonchev–Trinajstić information content (AvgIpc) is 2.08. The zero-order chi connectivity index (χ0) is 12.3. The van der Waals surface area contributed by atoms with E-state index in [0.29, 0.717) is 11.4 Å². The fraction of sp³-hybridized carbons (Fsp3) is 0.455. The van der Waals surface area contributed by atoms with Crippen LogP contribution < -0.4 is 5.32 Å². The summed E-state index contributed by atoms with van der Waals surface area (Å²) in [5.74, 6) is -0.503. The maximum absolute atomic E-state index is 12.9. The molecule has 0 aliphatic rings. The van der Waals surface area contributed by atoms with Gasteiger partial charge in [-0.2, -0.15) is 0 Å². The van der Waals surface area contributed by atoms with Crippen LogP contribution in [0.2, 0.25) is 0 Å². The van der Waals surface area contributed by atoms with Crippen LogP contribution in [0.25, 0.3) is 0 Å². The molecule has 88 valence electrons. The molecule has 1 N–H and O–H groups in total. The van der Waals surface area contributed by atoms with Gasteiger partial charge in [-0.1, -0.05) is 0 Å². The molecule has 1 aromatic rings. The number of hydrogen-bond donors (Lipinski definition) is 1. The Morgan fingerprint density at radius 3 is 2.69 bits per heavy atom. The summed E-state index contributed by atoms with van der Waals surface area (Å²) < 4.78 is 17.9. The molecule has 0 saturated carbocycles. The van der Waals surface area contributed by atoms with Crippen LogP contribution in [0.3, 0.4) is 0 Å². The van der Waals surface area contributed by atoms with Crippen molar-refractivity contribution < 1.29 is 13.9 Å². The maximum Gasteiger partial charge on any atom is 0.412 e. The van der Waals surface area contributed by atoms with Crippen LogP contribution >= 0.6 is 0 Å². The summed E-state index contributed by atoms with van der Waals surface area (Å²) in [6, 6.07) is 1.20. The third-order valence-corrected chi connectivity index (χ3v) is 1.69. The number of anilines is 1. The first kappa shape index (κ1) is 12.4. The summed E-state index contributed by atoms with van der Waals surface area (Å²) in [5.41, 5.74) is 0.264. The SMILES string of the molecule is Cc1ncc(F)cc1NC(=O)OC(C)(C)C. The molecule has 1 amide bonds. The van der Waals surface area contributed by atoms with Gasteiger partial charge in [0.1, 0.15) is 11.4 Å². The quantitative estimate of drug-likeness (QED) is 0.801. The lowest BCUT2D eigenvalue weighted by Crippen LogP contribution is -2.27. The smallest absolute Gasteiger partial charge is 0.412 e. The number of aromatic nitrogens is 1. The molecule has 0 aliphatic carbocycles. The van der Waals surface area contributed by atoms with Gasteiger partial charge in [0, 0.05) is 6.07 Å². The Labute approximate surface area is 93.8 Å².